The second-order valence-electron chi connectivity index (χ2n) is 8.47. The first-order chi connectivity index (χ1) is 16.3. The number of aryl methyl sites for hydroxylation is 1. The van der Waals surface area contributed by atoms with Gasteiger partial charge >= 0.3 is 0 Å². The largest absolute Gasteiger partial charge is 0.496 e. The Kier molecular flexibility index (Phi) is 6.41. The molecule has 3 aromatic rings. The van der Waals surface area contributed by atoms with E-state index in [0.29, 0.717) is 34.4 Å². The summed E-state index contributed by atoms with van der Waals surface area (Å²) in [6.45, 7) is 6.14. The molecule has 0 unspecified atom stereocenters. The summed E-state index contributed by atoms with van der Waals surface area (Å²) in [5.74, 6) is 0.559. The monoisotopic (exact) mass is 456 g/mol. The zero-order chi connectivity index (χ0) is 24.4. The van der Waals surface area contributed by atoms with Crippen molar-refractivity contribution in [3.05, 3.63) is 89.1 Å². The van der Waals surface area contributed by atoms with Gasteiger partial charge in [-0.25, -0.2) is 4.90 Å². The van der Waals surface area contributed by atoms with Crippen LogP contribution in [0.1, 0.15) is 36.5 Å². The lowest BCUT2D eigenvalue weighted by molar-refractivity contribution is -0.120. The van der Waals surface area contributed by atoms with Crippen LogP contribution < -0.4 is 19.7 Å². The zero-order valence-electron chi connectivity index (χ0n) is 20.0. The maximum Gasteiger partial charge on any atom is 0.282 e. The predicted molar refractivity (Wildman–Crippen MR) is 134 cm³/mol. The van der Waals surface area contributed by atoms with Gasteiger partial charge in [0.1, 0.15) is 17.2 Å². The van der Waals surface area contributed by atoms with Gasteiger partial charge in [-0.1, -0.05) is 50.2 Å². The Balaban J connectivity index is 1.86. The van der Waals surface area contributed by atoms with Gasteiger partial charge in [-0.15, -0.1) is 0 Å². The molecule has 0 spiro atoms. The number of ether oxygens (including phenoxy) is 2. The quantitative estimate of drug-likeness (QED) is 0.473. The van der Waals surface area contributed by atoms with E-state index >= 15 is 0 Å². The highest BCUT2D eigenvalue weighted by Crippen LogP contribution is 2.39. The molecule has 0 saturated carbocycles. The second-order valence-corrected chi connectivity index (χ2v) is 8.47. The van der Waals surface area contributed by atoms with Gasteiger partial charge in [0.2, 0.25) is 0 Å². The third-order valence-electron chi connectivity index (χ3n) is 5.89. The fourth-order valence-corrected chi connectivity index (χ4v) is 4.04. The molecule has 34 heavy (non-hydrogen) atoms. The number of hydrogen-bond acceptors (Lipinski definition) is 5. The Bertz CT molecular complexity index is 1280. The molecule has 0 fully saturated rings. The van der Waals surface area contributed by atoms with E-state index < -0.39 is 11.8 Å². The van der Waals surface area contributed by atoms with Crippen LogP contribution in [0, 0.1) is 6.92 Å². The van der Waals surface area contributed by atoms with Gasteiger partial charge in [-0.2, -0.15) is 0 Å². The number of benzene rings is 3. The van der Waals surface area contributed by atoms with Crippen molar-refractivity contribution < 1.29 is 19.1 Å². The summed E-state index contributed by atoms with van der Waals surface area (Å²) >= 11 is 0. The molecular weight excluding hydrogens is 428 g/mol. The van der Waals surface area contributed by atoms with Crippen molar-refractivity contribution in [2.75, 3.05) is 24.4 Å². The van der Waals surface area contributed by atoms with Crippen LogP contribution in [0.3, 0.4) is 0 Å². The number of para-hydroxylation sites is 1. The summed E-state index contributed by atoms with van der Waals surface area (Å²) in [5, 5.41) is 3.20. The molecule has 0 saturated heterocycles. The molecule has 0 bridgehead atoms. The average Bonchev–Trinajstić information content (AvgIpc) is 3.08. The van der Waals surface area contributed by atoms with Crippen molar-refractivity contribution in [2.24, 2.45) is 0 Å². The SMILES string of the molecule is COc1ccc(C)cc1NC1=C(c2ccccc2OC)C(=O)N(c2ccc(C(C)C)cc2)C1=O. The normalized spacial score (nSPS) is 13.6. The molecule has 1 heterocycles. The lowest BCUT2D eigenvalue weighted by atomic mass is 10.0. The second kappa shape index (κ2) is 9.43. The van der Waals surface area contributed by atoms with Gasteiger partial charge in [0, 0.05) is 5.56 Å². The fraction of sp³-hybridized carbons (Fsp3) is 0.214. The molecule has 1 N–H and O–H groups in total. The van der Waals surface area contributed by atoms with Crippen molar-refractivity contribution in [2.45, 2.75) is 26.7 Å². The predicted octanol–water partition coefficient (Wildman–Crippen LogP) is 5.53. The number of anilines is 2. The first-order valence-electron chi connectivity index (χ1n) is 11.1. The number of carbonyl (C=O) groups excluding carboxylic acids is 2. The van der Waals surface area contributed by atoms with E-state index in [4.69, 9.17) is 9.47 Å². The lowest BCUT2D eigenvalue weighted by Crippen LogP contribution is -2.32. The molecule has 4 rings (SSSR count). The molecule has 174 valence electrons. The standard InChI is InChI=1S/C28H28N2O4/c1-17(2)19-11-13-20(14-12-19)30-27(31)25(21-8-6-7-9-23(21)33-4)26(28(30)32)29-22-16-18(3)10-15-24(22)34-5/h6-17,29H,1-5H3. The number of methoxy groups -OCH3 is 2. The van der Waals surface area contributed by atoms with Crippen LogP contribution in [0.25, 0.3) is 5.57 Å². The maximum atomic E-state index is 13.7. The van der Waals surface area contributed by atoms with E-state index in [2.05, 4.69) is 19.2 Å². The van der Waals surface area contributed by atoms with Crippen molar-refractivity contribution in [1.82, 2.24) is 0 Å². The molecule has 0 atom stereocenters. The molecule has 0 aromatic heterocycles. The molecule has 1 aliphatic rings. The van der Waals surface area contributed by atoms with E-state index in [1.165, 1.54) is 4.90 Å². The van der Waals surface area contributed by atoms with Gasteiger partial charge in [0.15, 0.2) is 0 Å². The summed E-state index contributed by atoms with van der Waals surface area (Å²) in [6.07, 6.45) is 0. The molecule has 1 aliphatic heterocycles. The van der Waals surface area contributed by atoms with Crippen LogP contribution in [0.5, 0.6) is 11.5 Å². The number of amides is 2. The van der Waals surface area contributed by atoms with Crippen molar-refractivity contribution in [3.8, 4) is 11.5 Å². The van der Waals surface area contributed by atoms with Crippen LogP contribution in [0.4, 0.5) is 11.4 Å². The number of nitrogens with one attached hydrogen (secondary N) is 1. The van der Waals surface area contributed by atoms with Crippen molar-refractivity contribution >= 4 is 28.8 Å². The highest BCUT2D eigenvalue weighted by molar-refractivity contribution is 6.46. The first-order valence-corrected chi connectivity index (χ1v) is 11.1. The Morgan fingerprint density at radius 2 is 1.50 bits per heavy atom. The third-order valence-corrected chi connectivity index (χ3v) is 5.89. The molecule has 0 aliphatic carbocycles. The molecular formula is C28H28N2O4. The number of hydrogen-bond donors (Lipinski definition) is 1. The first kappa shape index (κ1) is 23.1. The van der Waals surface area contributed by atoms with Crippen LogP contribution in [-0.4, -0.2) is 26.0 Å². The van der Waals surface area contributed by atoms with Gasteiger partial charge in [0.25, 0.3) is 11.8 Å². The minimum Gasteiger partial charge on any atom is -0.496 e. The van der Waals surface area contributed by atoms with Gasteiger partial charge < -0.3 is 14.8 Å². The Hall–Kier alpha value is -4.06. The Labute approximate surface area is 199 Å². The number of carbonyl (C=O) groups is 2. The number of imide groups is 1. The minimum atomic E-state index is -0.438. The van der Waals surface area contributed by atoms with Gasteiger partial charge in [-0.3, -0.25) is 9.59 Å². The van der Waals surface area contributed by atoms with E-state index in [9.17, 15) is 9.59 Å². The summed E-state index contributed by atoms with van der Waals surface area (Å²) < 4.78 is 11.0. The van der Waals surface area contributed by atoms with Crippen LogP contribution in [0.2, 0.25) is 0 Å². The van der Waals surface area contributed by atoms with E-state index in [-0.39, 0.29) is 11.3 Å². The lowest BCUT2D eigenvalue weighted by Gasteiger charge is -2.17. The summed E-state index contributed by atoms with van der Waals surface area (Å²) in [7, 11) is 3.11. The smallest absolute Gasteiger partial charge is 0.282 e. The van der Waals surface area contributed by atoms with Crippen LogP contribution in [0.15, 0.2) is 72.4 Å². The highest BCUT2D eigenvalue weighted by atomic mass is 16.5. The maximum absolute atomic E-state index is 13.7. The molecule has 3 aromatic carbocycles. The number of rotatable bonds is 7. The van der Waals surface area contributed by atoms with E-state index in [0.717, 1.165) is 11.1 Å². The fourth-order valence-electron chi connectivity index (χ4n) is 4.04. The molecule has 0 radical (unpaired) electrons. The molecule has 6 nitrogen and oxygen atoms in total. The van der Waals surface area contributed by atoms with E-state index in [1.54, 1.807) is 38.5 Å². The summed E-state index contributed by atoms with van der Waals surface area (Å²) in [5.41, 5.74) is 4.19. The summed E-state index contributed by atoms with van der Waals surface area (Å²) in [6, 6.07) is 20.3. The zero-order valence-corrected chi connectivity index (χ0v) is 20.0. The Morgan fingerprint density at radius 3 is 2.15 bits per heavy atom. The van der Waals surface area contributed by atoms with Gasteiger partial charge in [-0.05, 0) is 54.3 Å². The van der Waals surface area contributed by atoms with Crippen molar-refractivity contribution in [3.63, 3.8) is 0 Å². The topological polar surface area (TPSA) is 67.9 Å². The number of nitrogens with zero attached hydrogens (tertiary/aromatic N) is 1. The average molecular weight is 457 g/mol. The van der Waals surface area contributed by atoms with Crippen LogP contribution >= 0.6 is 0 Å². The molecule has 2 amide bonds. The Morgan fingerprint density at radius 1 is 0.824 bits per heavy atom. The van der Waals surface area contributed by atoms with Gasteiger partial charge in [0.05, 0.1) is 31.2 Å². The molecule has 6 heteroatoms. The summed E-state index contributed by atoms with van der Waals surface area (Å²) in [4.78, 5) is 28.7. The van der Waals surface area contributed by atoms with E-state index in [1.807, 2.05) is 49.4 Å². The van der Waals surface area contributed by atoms with Crippen molar-refractivity contribution in [1.29, 1.82) is 0 Å². The third kappa shape index (κ3) is 4.15. The minimum absolute atomic E-state index is 0.173. The van der Waals surface area contributed by atoms with Crippen LogP contribution in [-0.2, 0) is 9.59 Å². The highest BCUT2D eigenvalue weighted by Gasteiger charge is 2.41.